The fourth-order valence-electron chi connectivity index (χ4n) is 2.46. The van der Waals surface area contributed by atoms with Gasteiger partial charge in [-0.15, -0.1) is 0 Å². The van der Waals surface area contributed by atoms with Crippen LogP contribution in [0.25, 0.3) is 0 Å². The van der Waals surface area contributed by atoms with Crippen molar-refractivity contribution in [1.82, 2.24) is 5.32 Å². The van der Waals surface area contributed by atoms with Crippen LogP contribution in [-0.4, -0.2) is 31.1 Å². The number of anilines is 2. The largest absolute Gasteiger partial charge is 0.497 e. The molecule has 0 fully saturated rings. The highest BCUT2D eigenvalue weighted by Gasteiger charge is 2.15. The molecule has 0 aliphatic rings. The third-order valence-corrected chi connectivity index (χ3v) is 4.39. The molecule has 0 bridgehead atoms. The van der Waals surface area contributed by atoms with Gasteiger partial charge in [0, 0.05) is 18.2 Å². The van der Waals surface area contributed by atoms with Gasteiger partial charge in [0.2, 0.25) is 5.91 Å². The summed E-state index contributed by atoms with van der Waals surface area (Å²) >= 11 is 11.4. The van der Waals surface area contributed by atoms with Crippen molar-refractivity contribution in [2.24, 2.45) is 0 Å². The van der Waals surface area contributed by atoms with Crippen molar-refractivity contribution in [2.75, 3.05) is 24.9 Å². The molecule has 0 aliphatic heterocycles. The molecule has 2 aromatic rings. The molecule has 0 unspecified atom stereocenters. The summed E-state index contributed by atoms with van der Waals surface area (Å²) < 4.78 is 10.4. The first-order valence-electron chi connectivity index (χ1n) is 8.81. The predicted molar refractivity (Wildman–Crippen MR) is 118 cm³/mol. The molecule has 0 aromatic heterocycles. The van der Waals surface area contributed by atoms with Gasteiger partial charge < -0.3 is 20.1 Å². The Morgan fingerprint density at radius 3 is 2.48 bits per heavy atom. The SMILES string of the molecule is CCCC(=O)Nc1ccc(Cl)c(NC(=S)NC(=O)c2ccc(OC)cc2OC)c1. The van der Waals surface area contributed by atoms with Crippen molar-refractivity contribution in [3.63, 3.8) is 0 Å². The van der Waals surface area contributed by atoms with E-state index in [1.54, 1.807) is 36.4 Å². The van der Waals surface area contributed by atoms with Gasteiger partial charge in [-0.05, 0) is 49.0 Å². The van der Waals surface area contributed by atoms with Crippen LogP contribution >= 0.6 is 23.8 Å². The van der Waals surface area contributed by atoms with E-state index >= 15 is 0 Å². The van der Waals surface area contributed by atoms with Gasteiger partial charge >= 0.3 is 0 Å². The van der Waals surface area contributed by atoms with Crippen LogP contribution < -0.4 is 25.4 Å². The summed E-state index contributed by atoms with van der Waals surface area (Å²) in [4.78, 5) is 24.3. The van der Waals surface area contributed by atoms with Crippen molar-refractivity contribution in [2.45, 2.75) is 19.8 Å². The molecule has 0 aliphatic carbocycles. The summed E-state index contributed by atoms with van der Waals surface area (Å²) in [5.74, 6) is 0.366. The molecule has 2 aromatic carbocycles. The molecule has 0 heterocycles. The van der Waals surface area contributed by atoms with Gasteiger partial charge in [-0.2, -0.15) is 0 Å². The molecule has 29 heavy (non-hydrogen) atoms. The maximum Gasteiger partial charge on any atom is 0.261 e. The minimum Gasteiger partial charge on any atom is -0.497 e. The number of hydrogen-bond donors (Lipinski definition) is 3. The highest BCUT2D eigenvalue weighted by molar-refractivity contribution is 7.80. The summed E-state index contributed by atoms with van der Waals surface area (Å²) in [5, 5.41) is 8.66. The third kappa shape index (κ3) is 6.33. The lowest BCUT2D eigenvalue weighted by Crippen LogP contribution is -2.34. The molecule has 9 heteroatoms. The van der Waals surface area contributed by atoms with E-state index in [1.165, 1.54) is 14.2 Å². The summed E-state index contributed by atoms with van der Waals surface area (Å²) in [7, 11) is 2.98. The zero-order chi connectivity index (χ0) is 21.4. The lowest BCUT2D eigenvalue weighted by molar-refractivity contribution is -0.116. The number of methoxy groups -OCH3 is 2. The van der Waals surface area contributed by atoms with Gasteiger partial charge in [0.05, 0.1) is 30.5 Å². The van der Waals surface area contributed by atoms with Gasteiger partial charge in [0.15, 0.2) is 5.11 Å². The van der Waals surface area contributed by atoms with Crippen LogP contribution in [0.15, 0.2) is 36.4 Å². The maximum atomic E-state index is 12.5. The number of ether oxygens (including phenoxy) is 2. The molecule has 7 nitrogen and oxygen atoms in total. The van der Waals surface area contributed by atoms with Crippen LogP contribution in [-0.2, 0) is 4.79 Å². The monoisotopic (exact) mass is 435 g/mol. The van der Waals surface area contributed by atoms with Crippen LogP contribution in [0.4, 0.5) is 11.4 Å². The molecule has 2 amide bonds. The molecule has 0 saturated heterocycles. The smallest absolute Gasteiger partial charge is 0.261 e. The number of hydrogen-bond acceptors (Lipinski definition) is 5. The molecule has 0 spiro atoms. The van der Waals surface area contributed by atoms with Crippen molar-refractivity contribution < 1.29 is 19.1 Å². The zero-order valence-electron chi connectivity index (χ0n) is 16.3. The van der Waals surface area contributed by atoms with Gasteiger partial charge in [-0.1, -0.05) is 18.5 Å². The minimum absolute atomic E-state index is 0.0480. The van der Waals surface area contributed by atoms with E-state index in [4.69, 9.17) is 33.3 Å². The van der Waals surface area contributed by atoms with E-state index in [0.29, 0.717) is 39.9 Å². The fourth-order valence-corrected chi connectivity index (χ4v) is 2.83. The van der Waals surface area contributed by atoms with Gasteiger partial charge in [-0.25, -0.2) is 0 Å². The second-order valence-electron chi connectivity index (χ2n) is 5.97. The standard InChI is InChI=1S/C20H22ClN3O4S/c1-4-5-18(25)22-12-6-9-15(21)16(10-12)23-20(29)24-19(26)14-8-7-13(27-2)11-17(14)28-3/h6-11H,4-5H2,1-3H3,(H,22,25)(H2,23,24,26,29). The first kappa shape index (κ1) is 22.4. The van der Waals surface area contributed by atoms with Crippen LogP contribution in [0, 0.1) is 0 Å². The Morgan fingerprint density at radius 1 is 1.07 bits per heavy atom. The van der Waals surface area contributed by atoms with Crippen molar-refractivity contribution in [3.8, 4) is 11.5 Å². The highest BCUT2D eigenvalue weighted by atomic mass is 35.5. The fraction of sp³-hybridized carbons (Fsp3) is 0.250. The molecule has 154 valence electrons. The summed E-state index contributed by atoms with van der Waals surface area (Å²) in [6, 6.07) is 9.78. The topological polar surface area (TPSA) is 88.7 Å². The van der Waals surface area contributed by atoms with E-state index in [-0.39, 0.29) is 11.0 Å². The number of amides is 2. The van der Waals surface area contributed by atoms with Gasteiger partial charge in [-0.3, -0.25) is 14.9 Å². The molecule has 3 N–H and O–H groups in total. The number of thiocarbonyl (C=S) groups is 1. The Hall–Kier alpha value is -2.84. The van der Waals surface area contributed by atoms with E-state index < -0.39 is 5.91 Å². The molecule has 0 saturated carbocycles. The van der Waals surface area contributed by atoms with Crippen LogP contribution in [0.5, 0.6) is 11.5 Å². The Bertz CT molecular complexity index is 921. The molecule has 0 atom stereocenters. The quantitative estimate of drug-likeness (QED) is 0.564. The normalized spacial score (nSPS) is 10.1. The second kappa shape index (κ2) is 10.6. The van der Waals surface area contributed by atoms with Gasteiger partial charge in [0.25, 0.3) is 5.91 Å². The average molecular weight is 436 g/mol. The Kier molecular flexibility index (Phi) is 8.23. The van der Waals surface area contributed by atoms with Crippen molar-refractivity contribution in [1.29, 1.82) is 0 Å². The van der Waals surface area contributed by atoms with Crippen LogP contribution in [0.2, 0.25) is 5.02 Å². The number of benzene rings is 2. The summed E-state index contributed by atoms with van der Waals surface area (Å²) in [5.41, 5.74) is 1.32. The summed E-state index contributed by atoms with van der Waals surface area (Å²) in [6.07, 6.45) is 1.17. The van der Waals surface area contributed by atoms with Crippen LogP contribution in [0.1, 0.15) is 30.1 Å². The third-order valence-electron chi connectivity index (χ3n) is 3.86. The first-order valence-corrected chi connectivity index (χ1v) is 9.60. The molecular formula is C20H22ClN3O4S. The molecule has 0 radical (unpaired) electrons. The highest BCUT2D eigenvalue weighted by Crippen LogP contribution is 2.26. The lowest BCUT2D eigenvalue weighted by Gasteiger charge is -2.14. The predicted octanol–water partition coefficient (Wildman–Crippen LogP) is 4.22. The Balaban J connectivity index is 2.09. The number of halogens is 1. The van der Waals surface area contributed by atoms with E-state index in [2.05, 4.69) is 16.0 Å². The second-order valence-corrected chi connectivity index (χ2v) is 6.78. The number of carbonyl (C=O) groups is 2. The Morgan fingerprint density at radius 2 is 1.83 bits per heavy atom. The number of rotatable bonds is 7. The summed E-state index contributed by atoms with van der Waals surface area (Å²) in [6.45, 7) is 1.92. The zero-order valence-corrected chi connectivity index (χ0v) is 17.9. The Labute approximate surface area is 179 Å². The first-order chi connectivity index (χ1) is 13.9. The van der Waals surface area contributed by atoms with Crippen molar-refractivity contribution >= 4 is 52.1 Å². The van der Waals surface area contributed by atoms with E-state index in [0.717, 1.165) is 6.42 Å². The van der Waals surface area contributed by atoms with Crippen LogP contribution in [0.3, 0.4) is 0 Å². The number of nitrogens with one attached hydrogen (secondary N) is 3. The van der Waals surface area contributed by atoms with Crippen molar-refractivity contribution in [3.05, 3.63) is 47.0 Å². The molecule has 2 rings (SSSR count). The average Bonchev–Trinajstić information content (AvgIpc) is 2.70. The van der Waals surface area contributed by atoms with E-state index in [9.17, 15) is 9.59 Å². The maximum absolute atomic E-state index is 12.5. The molecular weight excluding hydrogens is 414 g/mol. The lowest BCUT2D eigenvalue weighted by atomic mass is 10.2. The minimum atomic E-state index is -0.453. The van der Waals surface area contributed by atoms with Gasteiger partial charge in [0.1, 0.15) is 11.5 Å². The van der Waals surface area contributed by atoms with E-state index in [1.807, 2.05) is 6.92 Å². The number of carbonyl (C=O) groups excluding carboxylic acids is 2.